The van der Waals surface area contributed by atoms with Gasteiger partial charge in [0.05, 0.1) is 12.5 Å². The minimum Gasteiger partial charge on any atom is -0.463 e. The van der Waals surface area contributed by atoms with E-state index in [1.807, 2.05) is 18.7 Å². The summed E-state index contributed by atoms with van der Waals surface area (Å²) in [4.78, 5) is 25.1. The van der Waals surface area contributed by atoms with E-state index in [2.05, 4.69) is 19.2 Å². The zero-order valence-electron chi connectivity index (χ0n) is 12.4. The summed E-state index contributed by atoms with van der Waals surface area (Å²) in [6.07, 6.45) is 1.29. The average Bonchev–Trinajstić information content (AvgIpc) is 2.26. The first-order valence-corrected chi connectivity index (χ1v) is 7.10. The third kappa shape index (κ3) is 5.94. The molecule has 0 spiro atoms. The van der Waals surface area contributed by atoms with Gasteiger partial charge in [-0.3, -0.25) is 4.79 Å². The van der Waals surface area contributed by atoms with Crippen molar-refractivity contribution in [3.63, 3.8) is 0 Å². The molecule has 1 saturated heterocycles. The van der Waals surface area contributed by atoms with Gasteiger partial charge in [-0.1, -0.05) is 13.8 Å². The van der Waals surface area contributed by atoms with Crippen LogP contribution in [-0.4, -0.2) is 42.6 Å². The van der Waals surface area contributed by atoms with Crippen LogP contribution in [0.1, 0.15) is 40.5 Å². The van der Waals surface area contributed by atoms with E-state index in [0.29, 0.717) is 18.4 Å². The van der Waals surface area contributed by atoms with Crippen LogP contribution in [0.4, 0.5) is 4.79 Å². The molecule has 0 aromatic carbocycles. The van der Waals surface area contributed by atoms with Crippen molar-refractivity contribution in [3.8, 4) is 0 Å². The van der Waals surface area contributed by atoms with Gasteiger partial charge in [-0.15, -0.1) is 0 Å². The monoisotopic (exact) mass is 270 g/mol. The Balaban J connectivity index is 2.25. The highest BCUT2D eigenvalue weighted by atomic mass is 16.5. The Kier molecular flexibility index (Phi) is 6.12. The number of carbonyl (C=O) groups is 2. The molecule has 2 amide bonds. The maximum Gasteiger partial charge on any atom is 0.317 e. The molecule has 2 atom stereocenters. The first-order chi connectivity index (χ1) is 8.88. The standard InChI is InChI=1S/C14H26N2O3/c1-10(2)19-13(17)5-6-15-14(18)16-8-11(3)7-12(4)9-16/h10-12H,5-9H2,1-4H3,(H,15,18). The zero-order valence-corrected chi connectivity index (χ0v) is 12.4. The summed E-state index contributed by atoms with van der Waals surface area (Å²) in [6, 6.07) is -0.0734. The lowest BCUT2D eigenvalue weighted by atomic mass is 9.92. The van der Waals surface area contributed by atoms with Crippen LogP contribution >= 0.6 is 0 Å². The molecule has 0 radical (unpaired) electrons. The number of esters is 1. The highest BCUT2D eigenvalue weighted by molar-refractivity contribution is 5.75. The Hall–Kier alpha value is -1.26. The minimum absolute atomic E-state index is 0.0734. The minimum atomic E-state index is -0.268. The topological polar surface area (TPSA) is 58.6 Å². The van der Waals surface area contributed by atoms with Gasteiger partial charge in [0.2, 0.25) is 0 Å². The van der Waals surface area contributed by atoms with Gasteiger partial charge in [-0.2, -0.15) is 0 Å². The molecular formula is C14H26N2O3. The fourth-order valence-corrected chi connectivity index (χ4v) is 2.53. The number of hydrogen-bond donors (Lipinski definition) is 1. The van der Waals surface area contributed by atoms with Crippen LogP contribution in [0.15, 0.2) is 0 Å². The van der Waals surface area contributed by atoms with Crippen molar-refractivity contribution in [1.29, 1.82) is 0 Å². The van der Waals surface area contributed by atoms with E-state index in [1.165, 1.54) is 6.42 Å². The van der Waals surface area contributed by atoms with Crippen molar-refractivity contribution in [1.82, 2.24) is 10.2 Å². The third-order valence-corrected chi connectivity index (χ3v) is 3.13. The number of likely N-dealkylation sites (tertiary alicyclic amines) is 1. The number of nitrogens with one attached hydrogen (secondary N) is 1. The molecule has 0 aliphatic carbocycles. The molecule has 2 unspecified atom stereocenters. The summed E-state index contributed by atoms with van der Waals surface area (Å²) in [5.74, 6) is 0.816. The quantitative estimate of drug-likeness (QED) is 0.795. The van der Waals surface area contributed by atoms with E-state index >= 15 is 0 Å². The number of nitrogens with zero attached hydrogens (tertiary/aromatic N) is 1. The second-order valence-electron chi connectivity index (χ2n) is 5.87. The molecule has 0 bridgehead atoms. The smallest absolute Gasteiger partial charge is 0.317 e. The second-order valence-corrected chi connectivity index (χ2v) is 5.87. The molecule has 1 fully saturated rings. The highest BCUT2D eigenvalue weighted by Gasteiger charge is 2.25. The molecule has 0 saturated carbocycles. The van der Waals surface area contributed by atoms with E-state index in [4.69, 9.17) is 4.74 Å². The average molecular weight is 270 g/mol. The number of urea groups is 1. The Morgan fingerprint density at radius 1 is 1.26 bits per heavy atom. The van der Waals surface area contributed by atoms with Crippen molar-refractivity contribution >= 4 is 12.0 Å². The molecule has 0 aromatic heterocycles. The summed E-state index contributed by atoms with van der Waals surface area (Å²) < 4.78 is 5.01. The fraction of sp³-hybridized carbons (Fsp3) is 0.857. The van der Waals surface area contributed by atoms with E-state index in [-0.39, 0.29) is 24.5 Å². The molecule has 1 rings (SSSR count). The van der Waals surface area contributed by atoms with Crippen LogP contribution in [0.2, 0.25) is 0 Å². The van der Waals surface area contributed by atoms with Gasteiger partial charge in [0.1, 0.15) is 0 Å². The van der Waals surface area contributed by atoms with E-state index < -0.39 is 0 Å². The van der Waals surface area contributed by atoms with E-state index in [0.717, 1.165) is 13.1 Å². The fourth-order valence-electron chi connectivity index (χ4n) is 2.53. The van der Waals surface area contributed by atoms with Crippen LogP contribution in [0.3, 0.4) is 0 Å². The number of hydrogen-bond acceptors (Lipinski definition) is 3. The van der Waals surface area contributed by atoms with Crippen molar-refractivity contribution in [3.05, 3.63) is 0 Å². The van der Waals surface area contributed by atoms with Crippen LogP contribution in [0, 0.1) is 11.8 Å². The van der Waals surface area contributed by atoms with Crippen molar-refractivity contribution < 1.29 is 14.3 Å². The molecule has 1 aliphatic rings. The highest BCUT2D eigenvalue weighted by Crippen LogP contribution is 2.20. The van der Waals surface area contributed by atoms with Crippen LogP contribution < -0.4 is 5.32 Å². The lowest BCUT2D eigenvalue weighted by Crippen LogP contribution is -2.47. The third-order valence-electron chi connectivity index (χ3n) is 3.13. The van der Waals surface area contributed by atoms with Gasteiger partial charge in [0.15, 0.2) is 0 Å². The summed E-state index contributed by atoms with van der Waals surface area (Å²) in [7, 11) is 0. The molecule has 19 heavy (non-hydrogen) atoms. The van der Waals surface area contributed by atoms with E-state index in [9.17, 15) is 9.59 Å². The molecular weight excluding hydrogens is 244 g/mol. The predicted molar refractivity (Wildman–Crippen MR) is 73.8 cm³/mol. The van der Waals surface area contributed by atoms with Gasteiger partial charge in [-0.25, -0.2) is 4.79 Å². The summed E-state index contributed by atoms with van der Waals surface area (Å²) >= 11 is 0. The van der Waals surface area contributed by atoms with Gasteiger partial charge in [0, 0.05) is 19.6 Å². The number of carbonyl (C=O) groups excluding carboxylic acids is 2. The normalized spacial score (nSPS) is 23.3. The number of rotatable bonds is 4. The van der Waals surface area contributed by atoms with Crippen molar-refractivity contribution in [2.45, 2.75) is 46.6 Å². The number of piperidine rings is 1. The maximum absolute atomic E-state index is 12.0. The van der Waals surface area contributed by atoms with Gasteiger partial charge in [0.25, 0.3) is 0 Å². The van der Waals surface area contributed by atoms with Gasteiger partial charge in [-0.05, 0) is 32.1 Å². The number of amides is 2. The van der Waals surface area contributed by atoms with Gasteiger partial charge >= 0.3 is 12.0 Å². The summed E-state index contributed by atoms with van der Waals surface area (Å²) in [5.41, 5.74) is 0. The maximum atomic E-state index is 12.0. The first kappa shape index (κ1) is 15.8. The molecule has 1 aliphatic heterocycles. The predicted octanol–water partition coefficient (Wildman–Crippen LogP) is 2.02. The largest absolute Gasteiger partial charge is 0.463 e. The van der Waals surface area contributed by atoms with Crippen molar-refractivity contribution in [2.24, 2.45) is 11.8 Å². The van der Waals surface area contributed by atoms with E-state index in [1.54, 1.807) is 0 Å². The molecule has 1 N–H and O–H groups in total. The summed E-state index contributed by atoms with van der Waals surface area (Å²) in [6.45, 7) is 9.88. The second kappa shape index (κ2) is 7.36. The molecule has 110 valence electrons. The lowest BCUT2D eigenvalue weighted by molar-refractivity contribution is -0.147. The molecule has 5 heteroatoms. The first-order valence-electron chi connectivity index (χ1n) is 7.10. The Morgan fingerprint density at radius 3 is 2.37 bits per heavy atom. The van der Waals surface area contributed by atoms with Crippen LogP contribution in [0.5, 0.6) is 0 Å². The zero-order chi connectivity index (χ0) is 14.4. The van der Waals surface area contributed by atoms with Crippen molar-refractivity contribution in [2.75, 3.05) is 19.6 Å². The van der Waals surface area contributed by atoms with Gasteiger partial charge < -0.3 is 15.0 Å². The molecule has 1 heterocycles. The molecule has 0 aromatic rings. The Morgan fingerprint density at radius 2 is 1.84 bits per heavy atom. The van der Waals surface area contributed by atoms with Crippen LogP contribution in [-0.2, 0) is 9.53 Å². The van der Waals surface area contributed by atoms with Crippen LogP contribution in [0.25, 0.3) is 0 Å². The SMILES string of the molecule is CC1CC(C)CN(C(=O)NCCC(=O)OC(C)C)C1. The summed E-state index contributed by atoms with van der Waals surface area (Å²) in [5, 5.41) is 2.78. The molecule has 5 nitrogen and oxygen atoms in total. The number of ether oxygens (including phenoxy) is 1. The lowest BCUT2D eigenvalue weighted by Gasteiger charge is -2.34. The Labute approximate surface area is 115 Å². The Bertz CT molecular complexity index is 308.